The fraction of sp³-hybridized carbons (Fsp3) is 0.667. The standard InChI is InChI=1S/C9H14ClN5O/c1-11-8-13-7(10)14-9(15-8)12-4-5-2-6(16)3-5/h5-6,16H,2-4H2,1H3,(H2,11,12,13,14,15). The summed E-state index contributed by atoms with van der Waals surface area (Å²) in [4.78, 5) is 11.9. The Bertz CT molecular complexity index is 369. The fourth-order valence-corrected chi connectivity index (χ4v) is 1.80. The van der Waals surface area contributed by atoms with Crippen molar-refractivity contribution in [3.63, 3.8) is 0 Å². The molecule has 1 saturated carbocycles. The van der Waals surface area contributed by atoms with Gasteiger partial charge in [0.15, 0.2) is 0 Å². The van der Waals surface area contributed by atoms with Gasteiger partial charge in [-0.15, -0.1) is 0 Å². The first-order chi connectivity index (χ1) is 7.67. The summed E-state index contributed by atoms with van der Waals surface area (Å²) in [5.74, 6) is 1.39. The third-order valence-corrected chi connectivity index (χ3v) is 2.76. The van der Waals surface area contributed by atoms with Crippen LogP contribution in [0, 0.1) is 5.92 Å². The van der Waals surface area contributed by atoms with Gasteiger partial charge in [-0.25, -0.2) is 0 Å². The molecule has 3 N–H and O–H groups in total. The first-order valence-electron chi connectivity index (χ1n) is 5.18. The third-order valence-electron chi connectivity index (χ3n) is 2.59. The molecule has 6 nitrogen and oxygen atoms in total. The van der Waals surface area contributed by atoms with Crippen molar-refractivity contribution in [1.29, 1.82) is 0 Å². The van der Waals surface area contributed by atoms with Crippen LogP contribution in [0.2, 0.25) is 5.28 Å². The molecule has 88 valence electrons. The zero-order valence-corrected chi connectivity index (χ0v) is 9.70. The maximum atomic E-state index is 9.14. The molecule has 0 aromatic carbocycles. The van der Waals surface area contributed by atoms with Crippen molar-refractivity contribution in [2.75, 3.05) is 24.2 Å². The second-order valence-electron chi connectivity index (χ2n) is 3.87. The van der Waals surface area contributed by atoms with Gasteiger partial charge in [-0.1, -0.05) is 0 Å². The van der Waals surface area contributed by atoms with Crippen molar-refractivity contribution < 1.29 is 5.11 Å². The Labute approximate surface area is 98.5 Å². The van der Waals surface area contributed by atoms with Crippen molar-refractivity contribution in [3.8, 4) is 0 Å². The number of nitrogens with one attached hydrogen (secondary N) is 2. The highest BCUT2D eigenvalue weighted by Crippen LogP contribution is 2.27. The first kappa shape index (κ1) is 11.3. The Balaban J connectivity index is 1.90. The predicted molar refractivity (Wildman–Crippen MR) is 61.6 cm³/mol. The molecule has 1 aliphatic carbocycles. The molecule has 1 heterocycles. The normalized spacial score (nSPS) is 23.7. The largest absolute Gasteiger partial charge is 0.393 e. The number of rotatable bonds is 4. The van der Waals surface area contributed by atoms with Crippen LogP contribution < -0.4 is 10.6 Å². The summed E-state index contributed by atoms with van der Waals surface area (Å²) >= 11 is 5.73. The lowest BCUT2D eigenvalue weighted by molar-refractivity contribution is 0.0486. The second kappa shape index (κ2) is 4.80. The molecule has 0 spiro atoms. The van der Waals surface area contributed by atoms with Crippen LogP contribution in [0.4, 0.5) is 11.9 Å². The monoisotopic (exact) mass is 243 g/mol. The van der Waals surface area contributed by atoms with E-state index in [1.54, 1.807) is 7.05 Å². The highest BCUT2D eigenvalue weighted by atomic mass is 35.5. The number of aromatic nitrogens is 3. The van der Waals surface area contributed by atoms with Crippen LogP contribution in [0.15, 0.2) is 0 Å². The molecule has 0 amide bonds. The van der Waals surface area contributed by atoms with E-state index >= 15 is 0 Å². The Morgan fingerprint density at radius 3 is 2.62 bits per heavy atom. The first-order valence-corrected chi connectivity index (χ1v) is 5.56. The molecule has 0 aliphatic heterocycles. The average Bonchev–Trinajstić information content (AvgIpc) is 2.22. The van der Waals surface area contributed by atoms with Gasteiger partial charge in [0.25, 0.3) is 0 Å². The summed E-state index contributed by atoms with van der Waals surface area (Å²) in [6.07, 6.45) is 1.54. The van der Waals surface area contributed by atoms with Gasteiger partial charge in [0.05, 0.1) is 6.10 Å². The van der Waals surface area contributed by atoms with Gasteiger partial charge < -0.3 is 15.7 Å². The van der Waals surface area contributed by atoms with E-state index < -0.39 is 0 Å². The van der Waals surface area contributed by atoms with Gasteiger partial charge in [-0.3, -0.25) is 0 Å². The minimum atomic E-state index is -0.137. The number of hydrogen-bond acceptors (Lipinski definition) is 6. The quantitative estimate of drug-likeness (QED) is 0.724. The highest BCUT2D eigenvalue weighted by molar-refractivity contribution is 6.28. The summed E-state index contributed by atoms with van der Waals surface area (Å²) in [7, 11) is 1.72. The third kappa shape index (κ3) is 2.70. The molecule has 7 heteroatoms. The SMILES string of the molecule is CNc1nc(Cl)nc(NCC2CC(O)C2)n1. The molecule has 0 radical (unpaired) electrons. The molecule has 2 rings (SSSR count). The zero-order valence-electron chi connectivity index (χ0n) is 8.94. The highest BCUT2D eigenvalue weighted by Gasteiger charge is 2.26. The number of aliphatic hydroxyl groups is 1. The molecule has 0 unspecified atom stereocenters. The number of nitrogens with zero attached hydrogens (tertiary/aromatic N) is 3. The average molecular weight is 244 g/mol. The lowest BCUT2D eigenvalue weighted by Gasteiger charge is -2.31. The topological polar surface area (TPSA) is 83.0 Å². The Morgan fingerprint density at radius 2 is 2.00 bits per heavy atom. The van der Waals surface area contributed by atoms with Crippen molar-refractivity contribution in [2.45, 2.75) is 18.9 Å². The van der Waals surface area contributed by atoms with Gasteiger partial charge in [-0.2, -0.15) is 15.0 Å². The predicted octanol–water partition coefficient (Wildman–Crippen LogP) is 0.749. The minimum Gasteiger partial charge on any atom is -0.393 e. The minimum absolute atomic E-state index is 0.137. The summed E-state index contributed by atoms with van der Waals surface area (Å²) < 4.78 is 0. The van der Waals surface area contributed by atoms with E-state index in [0.717, 1.165) is 19.4 Å². The van der Waals surface area contributed by atoms with Crippen LogP contribution in [0.25, 0.3) is 0 Å². The molecule has 0 atom stereocenters. The molecule has 1 fully saturated rings. The van der Waals surface area contributed by atoms with Crippen LogP contribution in [0.3, 0.4) is 0 Å². The van der Waals surface area contributed by atoms with Crippen LogP contribution in [0.5, 0.6) is 0 Å². The fourth-order valence-electron chi connectivity index (χ4n) is 1.64. The van der Waals surface area contributed by atoms with Gasteiger partial charge in [0, 0.05) is 13.6 Å². The molecule has 1 aromatic heterocycles. The maximum absolute atomic E-state index is 9.14. The second-order valence-corrected chi connectivity index (χ2v) is 4.21. The van der Waals surface area contributed by atoms with Crippen LogP contribution in [-0.2, 0) is 0 Å². The molecule has 1 aromatic rings. The van der Waals surface area contributed by atoms with Gasteiger partial charge in [0.1, 0.15) is 0 Å². The van der Waals surface area contributed by atoms with Gasteiger partial charge in [0.2, 0.25) is 17.2 Å². The summed E-state index contributed by atoms with van der Waals surface area (Å²) in [6, 6.07) is 0. The Kier molecular flexibility index (Phi) is 3.40. The molecule has 0 saturated heterocycles. The van der Waals surface area contributed by atoms with Crippen molar-refractivity contribution in [2.24, 2.45) is 5.92 Å². The van der Waals surface area contributed by atoms with E-state index in [2.05, 4.69) is 25.6 Å². The van der Waals surface area contributed by atoms with Crippen molar-refractivity contribution in [3.05, 3.63) is 5.28 Å². The zero-order chi connectivity index (χ0) is 11.5. The van der Waals surface area contributed by atoms with Crippen molar-refractivity contribution in [1.82, 2.24) is 15.0 Å². The number of halogens is 1. The van der Waals surface area contributed by atoms with E-state index in [1.165, 1.54) is 0 Å². The van der Waals surface area contributed by atoms with E-state index in [0.29, 0.717) is 17.8 Å². The molecule has 1 aliphatic rings. The molecular weight excluding hydrogens is 230 g/mol. The van der Waals surface area contributed by atoms with E-state index in [4.69, 9.17) is 16.7 Å². The number of aliphatic hydroxyl groups excluding tert-OH is 1. The smallest absolute Gasteiger partial charge is 0.228 e. The van der Waals surface area contributed by atoms with Gasteiger partial charge in [-0.05, 0) is 30.4 Å². The van der Waals surface area contributed by atoms with E-state index in [-0.39, 0.29) is 11.4 Å². The summed E-state index contributed by atoms with van der Waals surface area (Å²) in [5.41, 5.74) is 0. The number of hydrogen-bond donors (Lipinski definition) is 3. The van der Waals surface area contributed by atoms with Crippen molar-refractivity contribution >= 4 is 23.5 Å². The molecule has 16 heavy (non-hydrogen) atoms. The molecule has 0 bridgehead atoms. The van der Waals surface area contributed by atoms with Gasteiger partial charge >= 0.3 is 0 Å². The Morgan fingerprint density at radius 1 is 1.31 bits per heavy atom. The van der Waals surface area contributed by atoms with E-state index in [9.17, 15) is 0 Å². The molecular formula is C9H14ClN5O. The summed E-state index contributed by atoms with van der Waals surface area (Å²) in [6.45, 7) is 0.751. The maximum Gasteiger partial charge on any atom is 0.228 e. The Hall–Kier alpha value is -1.14. The van der Waals surface area contributed by atoms with Crippen LogP contribution >= 0.6 is 11.6 Å². The lowest BCUT2D eigenvalue weighted by atomic mass is 9.82. The van der Waals surface area contributed by atoms with Crippen LogP contribution in [0.1, 0.15) is 12.8 Å². The lowest BCUT2D eigenvalue weighted by Crippen LogP contribution is -2.33. The van der Waals surface area contributed by atoms with Crippen LogP contribution in [-0.4, -0.2) is 39.8 Å². The van der Waals surface area contributed by atoms with E-state index in [1.807, 2.05) is 0 Å². The number of anilines is 2. The summed E-state index contributed by atoms with van der Waals surface area (Å²) in [5, 5.41) is 15.2.